The van der Waals surface area contributed by atoms with Gasteiger partial charge in [-0.05, 0) is 0 Å². The lowest BCUT2D eigenvalue weighted by Crippen LogP contribution is -1.87. The fourth-order valence-corrected chi connectivity index (χ4v) is 1.39. The Morgan fingerprint density at radius 3 is 2.60 bits per heavy atom. The van der Waals surface area contributed by atoms with Crippen LogP contribution < -0.4 is 0 Å². The molecule has 0 bridgehead atoms. The summed E-state index contributed by atoms with van der Waals surface area (Å²) >= 11 is 0. The third kappa shape index (κ3) is 1.34. The predicted molar refractivity (Wildman–Crippen MR) is 54.9 cm³/mol. The average molecular weight is 197 g/mol. The molecule has 0 aliphatic rings. The van der Waals surface area contributed by atoms with Gasteiger partial charge in [-0.1, -0.05) is 30.3 Å². The minimum absolute atomic E-state index is 0.537. The van der Waals surface area contributed by atoms with E-state index in [2.05, 4.69) is 25.4 Å². The molecule has 72 valence electrons. The van der Waals surface area contributed by atoms with Gasteiger partial charge in [0.25, 0.3) is 0 Å². The lowest BCUT2D eigenvalue weighted by atomic mass is 10.2. The quantitative estimate of drug-likeness (QED) is 0.640. The summed E-state index contributed by atoms with van der Waals surface area (Å²) in [7, 11) is 0. The molecule has 0 amide bonds. The van der Waals surface area contributed by atoms with Crippen molar-refractivity contribution >= 4 is 11.3 Å². The lowest BCUT2D eigenvalue weighted by Gasteiger charge is -1.97. The van der Waals surface area contributed by atoms with Crippen LogP contribution >= 0.6 is 0 Å². The van der Waals surface area contributed by atoms with E-state index in [1.807, 2.05) is 30.3 Å². The zero-order valence-corrected chi connectivity index (χ0v) is 7.75. The number of nitrogens with zero attached hydrogens (tertiary/aromatic N) is 4. The van der Waals surface area contributed by atoms with Gasteiger partial charge in [0.15, 0.2) is 0 Å². The van der Waals surface area contributed by atoms with E-state index in [4.69, 9.17) is 0 Å². The molecule has 3 aromatic rings. The first-order chi connectivity index (χ1) is 7.43. The second kappa shape index (κ2) is 3.13. The fourth-order valence-electron chi connectivity index (χ4n) is 1.39. The first-order valence-corrected chi connectivity index (χ1v) is 4.52. The molecule has 0 fully saturated rings. The van der Waals surface area contributed by atoms with Crippen LogP contribution in [0, 0.1) is 0 Å². The molecule has 5 nitrogen and oxygen atoms in total. The molecule has 0 aliphatic carbocycles. The van der Waals surface area contributed by atoms with Crippen molar-refractivity contribution in [2.75, 3.05) is 0 Å². The maximum absolute atomic E-state index is 4.34. The van der Waals surface area contributed by atoms with E-state index in [9.17, 15) is 0 Å². The molecule has 15 heavy (non-hydrogen) atoms. The van der Waals surface area contributed by atoms with Crippen LogP contribution in [0.2, 0.25) is 0 Å². The van der Waals surface area contributed by atoms with Crippen LogP contribution in [0.5, 0.6) is 0 Å². The molecule has 0 saturated heterocycles. The summed E-state index contributed by atoms with van der Waals surface area (Å²) in [5.74, 6) is 0. The van der Waals surface area contributed by atoms with Crippen LogP contribution in [-0.2, 0) is 0 Å². The molecule has 0 saturated carbocycles. The van der Waals surface area contributed by atoms with Gasteiger partial charge in [-0.15, -0.1) is 10.2 Å². The molecule has 2 aromatic heterocycles. The van der Waals surface area contributed by atoms with E-state index in [-0.39, 0.29) is 0 Å². The fraction of sp³-hybridized carbons (Fsp3) is 0. The van der Waals surface area contributed by atoms with E-state index >= 15 is 0 Å². The summed E-state index contributed by atoms with van der Waals surface area (Å²) in [6.07, 6.45) is 1.69. The highest BCUT2D eigenvalue weighted by Crippen LogP contribution is 2.16. The van der Waals surface area contributed by atoms with Gasteiger partial charge in [0.05, 0.1) is 11.9 Å². The van der Waals surface area contributed by atoms with Gasteiger partial charge in [0.2, 0.25) is 11.3 Å². The Kier molecular flexibility index (Phi) is 1.68. The van der Waals surface area contributed by atoms with Crippen molar-refractivity contribution in [2.45, 2.75) is 0 Å². The topological polar surface area (TPSA) is 67.3 Å². The number of aromatic amines is 1. The van der Waals surface area contributed by atoms with E-state index < -0.39 is 0 Å². The molecule has 0 radical (unpaired) electrons. The average Bonchev–Trinajstić information content (AvgIpc) is 2.77. The summed E-state index contributed by atoms with van der Waals surface area (Å²) in [5.41, 5.74) is 2.90. The highest BCUT2D eigenvalue weighted by molar-refractivity contribution is 5.69. The summed E-state index contributed by atoms with van der Waals surface area (Å²) < 4.78 is 0. The SMILES string of the molecule is c1ccc(-c2cnc3n[nH]nc3n2)cc1. The Bertz CT molecular complexity index is 587. The summed E-state index contributed by atoms with van der Waals surface area (Å²) in [5, 5.41) is 10.2. The van der Waals surface area contributed by atoms with Crippen LogP contribution in [0.15, 0.2) is 36.5 Å². The number of hydrogen-bond donors (Lipinski definition) is 1. The van der Waals surface area contributed by atoms with E-state index in [0.29, 0.717) is 11.3 Å². The number of fused-ring (bicyclic) bond motifs is 1. The Labute approximate surface area is 85.2 Å². The van der Waals surface area contributed by atoms with Crippen molar-refractivity contribution in [1.82, 2.24) is 25.4 Å². The van der Waals surface area contributed by atoms with Gasteiger partial charge in [0, 0.05) is 5.56 Å². The van der Waals surface area contributed by atoms with Crippen molar-refractivity contribution in [3.05, 3.63) is 36.5 Å². The Morgan fingerprint density at radius 1 is 0.933 bits per heavy atom. The van der Waals surface area contributed by atoms with Crippen molar-refractivity contribution in [2.24, 2.45) is 0 Å². The van der Waals surface area contributed by atoms with Crippen LogP contribution in [0.25, 0.3) is 22.6 Å². The Hall–Kier alpha value is -2.30. The number of hydrogen-bond acceptors (Lipinski definition) is 4. The van der Waals surface area contributed by atoms with Crippen LogP contribution in [0.1, 0.15) is 0 Å². The van der Waals surface area contributed by atoms with E-state index in [1.54, 1.807) is 6.20 Å². The van der Waals surface area contributed by atoms with Crippen molar-refractivity contribution in [3.8, 4) is 11.3 Å². The Morgan fingerprint density at radius 2 is 1.73 bits per heavy atom. The zero-order valence-electron chi connectivity index (χ0n) is 7.75. The van der Waals surface area contributed by atoms with Gasteiger partial charge in [-0.2, -0.15) is 5.21 Å². The smallest absolute Gasteiger partial charge is 0.221 e. The summed E-state index contributed by atoms with van der Waals surface area (Å²) in [6, 6.07) is 9.85. The standard InChI is InChI=1S/C10H7N5/c1-2-4-7(5-3-1)8-6-11-9-10(12-8)14-15-13-9/h1-6H,(H,11,12,13,14,15). The van der Waals surface area contributed by atoms with Crippen LogP contribution in [0.4, 0.5) is 0 Å². The van der Waals surface area contributed by atoms with E-state index in [0.717, 1.165) is 11.3 Å². The molecule has 3 rings (SSSR count). The van der Waals surface area contributed by atoms with Crippen molar-refractivity contribution in [3.63, 3.8) is 0 Å². The van der Waals surface area contributed by atoms with Gasteiger partial charge in [-0.25, -0.2) is 9.97 Å². The second-order valence-corrected chi connectivity index (χ2v) is 3.09. The first-order valence-electron chi connectivity index (χ1n) is 4.52. The first kappa shape index (κ1) is 8.05. The summed E-state index contributed by atoms with van der Waals surface area (Å²) in [4.78, 5) is 8.49. The molecule has 5 heteroatoms. The molecular formula is C10H7N5. The molecule has 0 spiro atoms. The normalized spacial score (nSPS) is 10.7. The third-order valence-corrected chi connectivity index (χ3v) is 2.12. The number of rotatable bonds is 1. The predicted octanol–water partition coefficient (Wildman–Crippen LogP) is 1.41. The maximum atomic E-state index is 4.34. The molecule has 0 aliphatic heterocycles. The van der Waals surface area contributed by atoms with Crippen LogP contribution in [-0.4, -0.2) is 25.4 Å². The Balaban J connectivity index is 2.19. The van der Waals surface area contributed by atoms with Gasteiger partial charge in [0.1, 0.15) is 0 Å². The number of benzene rings is 1. The number of aromatic nitrogens is 5. The lowest BCUT2D eigenvalue weighted by molar-refractivity contribution is 0.951. The maximum Gasteiger partial charge on any atom is 0.221 e. The van der Waals surface area contributed by atoms with Crippen LogP contribution in [0.3, 0.4) is 0 Å². The number of H-pyrrole nitrogens is 1. The zero-order chi connectivity index (χ0) is 10.1. The van der Waals surface area contributed by atoms with Gasteiger partial charge >= 0.3 is 0 Å². The third-order valence-electron chi connectivity index (χ3n) is 2.12. The van der Waals surface area contributed by atoms with Gasteiger partial charge < -0.3 is 0 Å². The molecule has 1 N–H and O–H groups in total. The van der Waals surface area contributed by atoms with E-state index in [1.165, 1.54) is 0 Å². The highest BCUT2D eigenvalue weighted by Gasteiger charge is 2.04. The minimum atomic E-state index is 0.537. The highest BCUT2D eigenvalue weighted by atomic mass is 15.4. The molecule has 1 aromatic carbocycles. The largest absolute Gasteiger partial charge is 0.230 e. The molecular weight excluding hydrogens is 190 g/mol. The minimum Gasteiger partial charge on any atom is -0.230 e. The number of nitrogens with one attached hydrogen (secondary N) is 1. The molecule has 2 heterocycles. The van der Waals surface area contributed by atoms with Crippen molar-refractivity contribution < 1.29 is 0 Å². The molecule has 0 atom stereocenters. The molecule has 0 unspecified atom stereocenters. The van der Waals surface area contributed by atoms with Gasteiger partial charge in [-0.3, -0.25) is 0 Å². The second-order valence-electron chi connectivity index (χ2n) is 3.09. The monoisotopic (exact) mass is 197 g/mol. The summed E-state index contributed by atoms with van der Waals surface area (Å²) in [6.45, 7) is 0. The van der Waals surface area contributed by atoms with Crippen molar-refractivity contribution in [1.29, 1.82) is 0 Å².